The van der Waals surface area contributed by atoms with Crippen LogP contribution in [-0.2, 0) is 0 Å². The molecule has 1 aliphatic carbocycles. The van der Waals surface area contributed by atoms with Gasteiger partial charge in [-0.2, -0.15) is 0 Å². The third-order valence-corrected chi connectivity index (χ3v) is 2.06. The third kappa shape index (κ3) is 1.95. The van der Waals surface area contributed by atoms with Crippen molar-refractivity contribution < 1.29 is 5.11 Å². The summed E-state index contributed by atoms with van der Waals surface area (Å²) in [6.45, 7) is 1.06. The van der Waals surface area contributed by atoms with Crippen molar-refractivity contribution in [2.24, 2.45) is 17.6 Å². The summed E-state index contributed by atoms with van der Waals surface area (Å²) in [4.78, 5) is 0. The van der Waals surface area contributed by atoms with E-state index in [0.29, 0.717) is 12.5 Å². The Morgan fingerprint density at radius 1 is 1.56 bits per heavy atom. The van der Waals surface area contributed by atoms with E-state index in [2.05, 4.69) is 0 Å². The lowest BCUT2D eigenvalue weighted by Crippen LogP contribution is -2.13. The molecule has 0 heterocycles. The minimum absolute atomic E-state index is 0.335. The van der Waals surface area contributed by atoms with Crippen LogP contribution in [0.25, 0.3) is 0 Å². The molecule has 0 aromatic rings. The van der Waals surface area contributed by atoms with Crippen molar-refractivity contribution in [1.29, 1.82) is 0 Å². The summed E-state index contributed by atoms with van der Waals surface area (Å²) in [7, 11) is 0. The Bertz CT molecular complexity index is 81.0. The standard InChI is InChI=1S/C7H15NO/c8-4-3-7(5-9)6-1-2-6/h6-7,9H,1-5,8H2. The van der Waals surface area contributed by atoms with E-state index >= 15 is 0 Å². The average Bonchev–Trinajstić information content (AvgIpc) is 2.64. The van der Waals surface area contributed by atoms with Crippen LogP contribution in [0.5, 0.6) is 0 Å². The topological polar surface area (TPSA) is 46.2 Å². The van der Waals surface area contributed by atoms with Gasteiger partial charge in [-0.05, 0) is 37.6 Å². The highest BCUT2D eigenvalue weighted by molar-refractivity contribution is 4.80. The second-order valence-electron chi connectivity index (χ2n) is 2.86. The Balaban J connectivity index is 2.12. The highest BCUT2D eigenvalue weighted by Crippen LogP contribution is 2.37. The molecule has 3 N–H and O–H groups in total. The average molecular weight is 129 g/mol. The van der Waals surface area contributed by atoms with Gasteiger partial charge in [0.25, 0.3) is 0 Å². The van der Waals surface area contributed by atoms with Gasteiger partial charge in [-0.3, -0.25) is 0 Å². The van der Waals surface area contributed by atoms with Gasteiger partial charge in [-0.15, -0.1) is 0 Å². The number of nitrogens with two attached hydrogens (primary N) is 1. The molecular formula is C7H15NO. The fourth-order valence-electron chi connectivity index (χ4n) is 1.26. The van der Waals surface area contributed by atoms with Gasteiger partial charge in [-0.1, -0.05) is 0 Å². The van der Waals surface area contributed by atoms with Crippen LogP contribution in [0.15, 0.2) is 0 Å². The normalized spacial score (nSPS) is 22.0. The van der Waals surface area contributed by atoms with E-state index in [9.17, 15) is 0 Å². The van der Waals surface area contributed by atoms with Crippen LogP contribution in [0.1, 0.15) is 19.3 Å². The van der Waals surface area contributed by atoms with Gasteiger partial charge in [-0.25, -0.2) is 0 Å². The minimum Gasteiger partial charge on any atom is -0.396 e. The number of aliphatic hydroxyl groups excluding tert-OH is 1. The fourth-order valence-corrected chi connectivity index (χ4v) is 1.26. The maximum Gasteiger partial charge on any atom is 0.0462 e. The van der Waals surface area contributed by atoms with E-state index < -0.39 is 0 Å². The van der Waals surface area contributed by atoms with Crippen molar-refractivity contribution in [3.05, 3.63) is 0 Å². The van der Waals surface area contributed by atoms with Gasteiger partial charge in [0.2, 0.25) is 0 Å². The van der Waals surface area contributed by atoms with Crippen LogP contribution in [0.4, 0.5) is 0 Å². The molecule has 2 heteroatoms. The van der Waals surface area contributed by atoms with E-state index in [1.165, 1.54) is 12.8 Å². The van der Waals surface area contributed by atoms with Gasteiger partial charge in [0, 0.05) is 6.61 Å². The lowest BCUT2D eigenvalue weighted by Gasteiger charge is -2.09. The SMILES string of the molecule is NCCC(CO)C1CC1. The predicted octanol–water partition coefficient (Wildman–Crippen LogP) is 0.354. The maximum atomic E-state index is 8.81. The van der Waals surface area contributed by atoms with Crippen molar-refractivity contribution in [2.75, 3.05) is 13.2 Å². The largest absolute Gasteiger partial charge is 0.396 e. The molecular weight excluding hydrogens is 114 g/mol. The molecule has 1 saturated carbocycles. The summed E-state index contributed by atoms with van der Waals surface area (Å²) in [5.74, 6) is 1.31. The maximum absolute atomic E-state index is 8.81. The molecule has 1 unspecified atom stereocenters. The smallest absolute Gasteiger partial charge is 0.0462 e. The molecule has 2 nitrogen and oxygen atoms in total. The molecule has 1 rings (SSSR count). The first kappa shape index (κ1) is 7.03. The number of aliphatic hydroxyl groups is 1. The Hall–Kier alpha value is -0.0800. The molecule has 0 saturated heterocycles. The lowest BCUT2D eigenvalue weighted by molar-refractivity contribution is 0.203. The first-order valence-corrected chi connectivity index (χ1v) is 3.69. The van der Waals surface area contributed by atoms with Gasteiger partial charge in [0.1, 0.15) is 0 Å². The Morgan fingerprint density at radius 2 is 2.22 bits per heavy atom. The Labute approximate surface area is 56.1 Å². The fraction of sp³-hybridized carbons (Fsp3) is 1.00. The molecule has 0 bridgehead atoms. The Kier molecular flexibility index (Phi) is 2.49. The highest BCUT2D eigenvalue weighted by atomic mass is 16.3. The molecule has 0 aliphatic heterocycles. The molecule has 9 heavy (non-hydrogen) atoms. The monoisotopic (exact) mass is 129 g/mol. The number of rotatable bonds is 4. The molecule has 0 aromatic heterocycles. The first-order valence-electron chi connectivity index (χ1n) is 3.69. The minimum atomic E-state index is 0.335. The van der Waals surface area contributed by atoms with E-state index in [4.69, 9.17) is 10.8 Å². The van der Waals surface area contributed by atoms with E-state index in [1.54, 1.807) is 0 Å². The summed E-state index contributed by atoms with van der Waals surface area (Å²) >= 11 is 0. The molecule has 0 amide bonds. The third-order valence-electron chi connectivity index (χ3n) is 2.06. The summed E-state index contributed by atoms with van der Waals surface area (Å²) in [6.07, 6.45) is 3.62. The van der Waals surface area contributed by atoms with Crippen LogP contribution in [0, 0.1) is 11.8 Å². The van der Waals surface area contributed by atoms with E-state index in [1.807, 2.05) is 0 Å². The van der Waals surface area contributed by atoms with Gasteiger partial charge in [0.15, 0.2) is 0 Å². The molecule has 0 aromatic carbocycles. The highest BCUT2D eigenvalue weighted by Gasteiger charge is 2.29. The zero-order chi connectivity index (χ0) is 6.69. The van der Waals surface area contributed by atoms with Crippen LogP contribution in [0.2, 0.25) is 0 Å². The van der Waals surface area contributed by atoms with E-state index in [-0.39, 0.29) is 0 Å². The van der Waals surface area contributed by atoms with Crippen molar-refractivity contribution in [2.45, 2.75) is 19.3 Å². The second kappa shape index (κ2) is 3.18. The molecule has 1 fully saturated rings. The van der Waals surface area contributed by atoms with Crippen molar-refractivity contribution in [1.82, 2.24) is 0 Å². The summed E-state index contributed by atoms with van der Waals surface area (Å²) in [6, 6.07) is 0. The summed E-state index contributed by atoms with van der Waals surface area (Å²) < 4.78 is 0. The Morgan fingerprint density at radius 3 is 2.56 bits per heavy atom. The predicted molar refractivity (Wildman–Crippen MR) is 37.0 cm³/mol. The molecule has 0 spiro atoms. The summed E-state index contributed by atoms with van der Waals surface area (Å²) in [5, 5.41) is 8.81. The van der Waals surface area contributed by atoms with Gasteiger partial charge in [0.05, 0.1) is 0 Å². The first-order chi connectivity index (χ1) is 4.38. The van der Waals surface area contributed by atoms with Crippen LogP contribution < -0.4 is 5.73 Å². The van der Waals surface area contributed by atoms with Crippen LogP contribution in [0.3, 0.4) is 0 Å². The van der Waals surface area contributed by atoms with Gasteiger partial charge < -0.3 is 10.8 Å². The van der Waals surface area contributed by atoms with Crippen molar-refractivity contribution in [3.63, 3.8) is 0 Å². The second-order valence-corrected chi connectivity index (χ2v) is 2.86. The van der Waals surface area contributed by atoms with Gasteiger partial charge >= 0.3 is 0 Å². The zero-order valence-electron chi connectivity index (χ0n) is 5.71. The number of hydrogen-bond acceptors (Lipinski definition) is 2. The zero-order valence-corrected chi connectivity index (χ0v) is 5.71. The molecule has 1 atom stereocenters. The molecule has 54 valence electrons. The van der Waals surface area contributed by atoms with Crippen LogP contribution >= 0.6 is 0 Å². The van der Waals surface area contributed by atoms with Crippen molar-refractivity contribution in [3.8, 4) is 0 Å². The number of hydrogen-bond donors (Lipinski definition) is 2. The quantitative estimate of drug-likeness (QED) is 0.575. The lowest BCUT2D eigenvalue weighted by atomic mass is 10.0. The molecule has 1 aliphatic rings. The van der Waals surface area contributed by atoms with E-state index in [0.717, 1.165) is 18.9 Å². The van der Waals surface area contributed by atoms with Crippen LogP contribution in [-0.4, -0.2) is 18.3 Å². The van der Waals surface area contributed by atoms with Crippen molar-refractivity contribution >= 4 is 0 Å². The summed E-state index contributed by atoms with van der Waals surface area (Å²) in [5.41, 5.74) is 5.36. The molecule has 0 radical (unpaired) electrons.